The summed E-state index contributed by atoms with van der Waals surface area (Å²) in [6, 6.07) is 3.95. The standard InChI is InChI=1S/C11H17NO/c1-11(2,3)9-13-8-10-4-6-12-7-5-10/h4-7H,8-9H2,1-3H3. The first-order valence-corrected chi connectivity index (χ1v) is 4.54. The van der Waals surface area contributed by atoms with Crippen molar-refractivity contribution in [2.45, 2.75) is 27.4 Å². The van der Waals surface area contributed by atoms with Crippen molar-refractivity contribution in [2.75, 3.05) is 6.61 Å². The summed E-state index contributed by atoms with van der Waals surface area (Å²) in [5.74, 6) is 0. The van der Waals surface area contributed by atoms with Gasteiger partial charge in [-0.3, -0.25) is 4.98 Å². The summed E-state index contributed by atoms with van der Waals surface area (Å²) in [6.45, 7) is 7.97. The topological polar surface area (TPSA) is 22.1 Å². The molecule has 0 bridgehead atoms. The fraction of sp³-hybridized carbons (Fsp3) is 0.545. The minimum absolute atomic E-state index is 0.243. The van der Waals surface area contributed by atoms with Crippen molar-refractivity contribution in [3.05, 3.63) is 30.1 Å². The molecule has 0 radical (unpaired) electrons. The van der Waals surface area contributed by atoms with Crippen molar-refractivity contribution in [1.29, 1.82) is 0 Å². The van der Waals surface area contributed by atoms with E-state index < -0.39 is 0 Å². The summed E-state index contributed by atoms with van der Waals surface area (Å²) in [5.41, 5.74) is 1.42. The third kappa shape index (κ3) is 4.63. The highest BCUT2D eigenvalue weighted by Crippen LogP contribution is 2.13. The van der Waals surface area contributed by atoms with Gasteiger partial charge in [0.15, 0.2) is 0 Å². The number of pyridine rings is 1. The molecule has 0 atom stereocenters. The van der Waals surface area contributed by atoms with Crippen LogP contribution in [0.15, 0.2) is 24.5 Å². The van der Waals surface area contributed by atoms with E-state index in [4.69, 9.17) is 4.74 Å². The second kappa shape index (κ2) is 4.38. The first-order chi connectivity index (χ1) is 6.08. The molecule has 0 fully saturated rings. The van der Waals surface area contributed by atoms with Gasteiger partial charge in [-0.05, 0) is 23.1 Å². The molecule has 0 unspecified atom stereocenters. The smallest absolute Gasteiger partial charge is 0.0718 e. The van der Waals surface area contributed by atoms with Crippen molar-refractivity contribution in [2.24, 2.45) is 5.41 Å². The molecular weight excluding hydrogens is 162 g/mol. The van der Waals surface area contributed by atoms with E-state index in [1.54, 1.807) is 12.4 Å². The van der Waals surface area contributed by atoms with Gasteiger partial charge in [0.25, 0.3) is 0 Å². The monoisotopic (exact) mass is 179 g/mol. The van der Waals surface area contributed by atoms with Crippen LogP contribution in [0.25, 0.3) is 0 Å². The molecular formula is C11H17NO. The van der Waals surface area contributed by atoms with Gasteiger partial charge in [-0.2, -0.15) is 0 Å². The summed E-state index contributed by atoms with van der Waals surface area (Å²) in [5, 5.41) is 0. The average Bonchev–Trinajstić information content (AvgIpc) is 2.04. The van der Waals surface area contributed by atoms with E-state index in [9.17, 15) is 0 Å². The zero-order chi connectivity index (χ0) is 9.73. The molecule has 72 valence electrons. The van der Waals surface area contributed by atoms with Crippen LogP contribution in [-0.2, 0) is 11.3 Å². The van der Waals surface area contributed by atoms with E-state index in [-0.39, 0.29) is 5.41 Å². The molecule has 2 nitrogen and oxygen atoms in total. The summed E-state index contributed by atoms with van der Waals surface area (Å²) < 4.78 is 5.56. The second-order valence-electron chi connectivity index (χ2n) is 4.41. The Bertz CT molecular complexity index is 238. The molecule has 13 heavy (non-hydrogen) atoms. The minimum atomic E-state index is 0.243. The lowest BCUT2D eigenvalue weighted by molar-refractivity contribution is 0.0599. The molecule has 0 saturated carbocycles. The van der Waals surface area contributed by atoms with Crippen molar-refractivity contribution < 1.29 is 4.74 Å². The van der Waals surface area contributed by atoms with Gasteiger partial charge in [0.05, 0.1) is 13.2 Å². The fourth-order valence-electron chi connectivity index (χ4n) is 0.954. The number of nitrogens with zero attached hydrogens (tertiary/aromatic N) is 1. The maximum atomic E-state index is 5.56. The number of hydrogen-bond acceptors (Lipinski definition) is 2. The largest absolute Gasteiger partial charge is 0.376 e. The van der Waals surface area contributed by atoms with Crippen LogP contribution in [0.4, 0.5) is 0 Å². The zero-order valence-electron chi connectivity index (χ0n) is 8.58. The minimum Gasteiger partial charge on any atom is -0.376 e. The van der Waals surface area contributed by atoms with E-state index >= 15 is 0 Å². The van der Waals surface area contributed by atoms with E-state index in [2.05, 4.69) is 25.8 Å². The van der Waals surface area contributed by atoms with Gasteiger partial charge in [-0.25, -0.2) is 0 Å². The van der Waals surface area contributed by atoms with E-state index in [0.717, 1.165) is 6.61 Å². The molecule has 1 aromatic rings. The fourth-order valence-corrected chi connectivity index (χ4v) is 0.954. The lowest BCUT2D eigenvalue weighted by Gasteiger charge is -2.17. The van der Waals surface area contributed by atoms with Crippen LogP contribution in [-0.4, -0.2) is 11.6 Å². The average molecular weight is 179 g/mol. The molecule has 1 heterocycles. The number of aromatic nitrogens is 1. The van der Waals surface area contributed by atoms with Crippen molar-refractivity contribution in [1.82, 2.24) is 4.98 Å². The summed E-state index contributed by atoms with van der Waals surface area (Å²) in [4.78, 5) is 3.95. The van der Waals surface area contributed by atoms with Crippen LogP contribution in [0.3, 0.4) is 0 Å². The van der Waals surface area contributed by atoms with E-state index in [1.165, 1.54) is 5.56 Å². The molecule has 0 saturated heterocycles. The van der Waals surface area contributed by atoms with Gasteiger partial charge >= 0.3 is 0 Å². The lowest BCUT2D eigenvalue weighted by atomic mass is 9.99. The molecule has 1 aromatic heterocycles. The molecule has 0 amide bonds. The Kier molecular flexibility index (Phi) is 3.43. The van der Waals surface area contributed by atoms with Gasteiger partial charge in [0.2, 0.25) is 0 Å². The number of rotatable bonds is 3. The molecule has 2 heteroatoms. The Morgan fingerprint density at radius 1 is 1.23 bits per heavy atom. The third-order valence-electron chi connectivity index (χ3n) is 1.55. The van der Waals surface area contributed by atoms with Crippen LogP contribution in [0.2, 0.25) is 0 Å². The van der Waals surface area contributed by atoms with Crippen molar-refractivity contribution >= 4 is 0 Å². The van der Waals surface area contributed by atoms with Crippen LogP contribution in [0, 0.1) is 5.41 Å². The number of hydrogen-bond donors (Lipinski definition) is 0. The molecule has 0 aliphatic heterocycles. The van der Waals surface area contributed by atoms with Crippen LogP contribution < -0.4 is 0 Å². The van der Waals surface area contributed by atoms with Crippen LogP contribution >= 0.6 is 0 Å². The predicted octanol–water partition coefficient (Wildman–Crippen LogP) is 2.64. The van der Waals surface area contributed by atoms with Gasteiger partial charge in [-0.15, -0.1) is 0 Å². The summed E-state index contributed by atoms with van der Waals surface area (Å²) >= 11 is 0. The molecule has 0 N–H and O–H groups in total. The van der Waals surface area contributed by atoms with Crippen molar-refractivity contribution in [3.63, 3.8) is 0 Å². The summed E-state index contributed by atoms with van der Waals surface area (Å²) in [6.07, 6.45) is 3.57. The molecule has 1 rings (SSSR count). The van der Waals surface area contributed by atoms with Crippen molar-refractivity contribution in [3.8, 4) is 0 Å². The summed E-state index contributed by atoms with van der Waals surface area (Å²) in [7, 11) is 0. The second-order valence-corrected chi connectivity index (χ2v) is 4.41. The lowest BCUT2D eigenvalue weighted by Crippen LogP contribution is -2.14. The highest BCUT2D eigenvalue weighted by molar-refractivity contribution is 5.07. The Balaban J connectivity index is 2.29. The Morgan fingerprint density at radius 3 is 2.38 bits per heavy atom. The molecule has 0 spiro atoms. The maximum absolute atomic E-state index is 5.56. The van der Waals surface area contributed by atoms with Gasteiger partial charge in [0.1, 0.15) is 0 Å². The number of ether oxygens (including phenoxy) is 1. The van der Waals surface area contributed by atoms with Gasteiger partial charge < -0.3 is 4.74 Å². The zero-order valence-corrected chi connectivity index (χ0v) is 8.58. The highest BCUT2D eigenvalue weighted by Gasteiger charge is 2.09. The van der Waals surface area contributed by atoms with Gasteiger partial charge in [0, 0.05) is 12.4 Å². The maximum Gasteiger partial charge on any atom is 0.0718 e. The molecule has 0 aliphatic carbocycles. The SMILES string of the molecule is CC(C)(C)COCc1ccncc1. The highest BCUT2D eigenvalue weighted by atomic mass is 16.5. The molecule has 0 aliphatic rings. The molecule has 0 aromatic carbocycles. The Labute approximate surface area is 80.0 Å². The van der Waals surface area contributed by atoms with Crippen LogP contribution in [0.5, 0.6) is 0 Å². The van der Waals surface area contributed by atoms with E-state index in [1.807, 2.05) is 12.1 Å². The Hall–Kier alpha value is -0.890. The normalized spacial score (nSPS) is 11.6. The first-order valence-electron chi connectivity index (χ1n) is 4.54. The quantitative estimate of drug-likeness (QED) is 0.711. The Morgan fingerprint density at radius 2 is 1.85 bits per heavy atom. The van der Waals surface area contributed by atoms with E-state index in [0.29, 0.717) is 6.61 Å². The van der Waals surface area contributed by atoms with Gasteiger partial charge in [-0.1, -0.05) is 20.8 Å². The predicted molar refractivity (Wildman–Crippen MR) is 53.3 cm³/mol. The van der Waals surface area contributed by atoms with Crippen LogP contribution in [0.1, 0.15) is 26.3 Å². The third-order valence-corrected chi connectivity index (χ3v) is 1.55. The first kappa shape index (κ1) is 10.2.